The van der Waals surface area contributed by atoms with Crippen molar-refractivity contribution in [3.63, 3.8) is 0 Å². The average molecular weight is 359 g/mol. The van der Waals surface area contributed by atoms with Gasteiger partial charge in [0.05, 0.1) is 0 Å². The molecule has 2 unspecified atom stereocenters. The van der Waals surface area contributed by atoms with Crippen LogP contribution in [0.3, 0.4) is 0 Å². The van der Waals surface area contributed by atoms with E-state index in [1.165, 1.54) is 25.3 Å². The number of carbonyl (C=O) groups is 1. The van der Waals surface area contributed by atoms with Crippen LogP contribution in [0.25, 0.3) is 0 Å². The maximum atomic E-state index is 13.8. The summed E-state index contributed by atoms with van der Waals surface area (Å²) in [6, 6.07) is 8.26. The molecule has 2 atom stereocenters. The number of halogens is 1. The third kappa shape index (κ3) is 3.95. The Labute approximate surface area is 156 Å². The highest BCUT2D eigenvalue weighted by Crippen LogP contribution is 2.39. The minimum atomic E-state index is -0.177. The lowest BCUT2D eigenvalue weighted by Crippen LogP contribution is -2.44. The van der Waals surface area contributed by atoms with Gasteiger partial charge in [-0.15, -0.1) is 0 Å². The predicted octanol–water partition coefficient (Wildman–Crippen LogP) is 4.06. The smallest absolute Gasteiger partial charge is 0.220 e. The summed E-state index contributed by atoms with van der Waals surface area (Å²) in [5.74, 6) is 0.520. The zero-order chi connectivity index (χ0) is 18.0. The fourth-order valence-corrected chi connectivity index (χ4v) is 5.56. The van der Waals surface area contributed by atoms with Gasteiger partial charge in [-0.1, -0.05) is 31.4 Å². The van der Waals surface area contributed by atoms with E-state index in [9.17, 15) is 9.18 Å². The molecule has 0 spiro atoms. The summed E-state index contributed by atoms with van der Waals surface area (Å²) in [7, 11) is 0. The number of piperidine rings is 1. The molecule has 0 aromatic heterocycles. The van der Waals surface area contributed by atoms with Crippen LogP contribution < -0.4 is 10.6 Å². The van der Waals surface area contributed by atoms with Gasteiger partial charge in [-0.2, -0.15) is 0 Å². The second-order valence-electron chi connectivity index (χ2n) is 8.81. The van der Waals surface area contributed by atoms with Crippen molar-refractivity contribution in [1.82, 2.24) is 10.6 Å². The molecule has 2 saturated heterocycles. The number of nitrogens with one attached hydrogen (secondary N) is 2. The first-order chi connectivity index (χ1) is 12.6. The van der Waals surface area contributed by atoms with Gasteiger partial charge in [-0.25, -0.2) is 4.39 Å². The molecule has 1 saturated carbocycles. The first-order valence-corrected chi connectivity index (χ1v) is 10.4. The molecule has 2 heterocycles. The van der Waals surface area contributed by atoms with Gasteiger partial charge in [0.2, 0.25) is 5.91 Å². The van der Waals surface area contributed by atoms with Crippen LogP contribution in [0, 0.1) is 11.7 Å². The van der Waals surface area contributed by atoms with Crippen LogP contribution in [-0.2, 0) is 10.2 Å². The number of hydrogen-bond donors (Lipinski definition) is 2. The molecule has 2 aliphatic heterocycles. The van der Waals surface area contributed by atoms with E-state index in [4.69, 9.17) is 0 Å². The number of rotatable bonds is 5. The maximum Gasteiger partial charge on any atom is 0.220 e. The number of carbonyl (C=O) groups excluding carboxylic acids is 1. The number of amides is 1. The molecule has 3 nitrogen and oxygen atoms in total. The molecule has 1 aromatic rings. The second kappa shape index (κ2) is 7.67. The number of benzene rings is 1. The summed E-state index contributed by atoms with van der Waals surface area (Å²) in [5, 5.41) is 6.87. The lowest BCUT2D eigenvalue weighted by atomic mass is 9.69. The lowest BCUT2D eigenvalue weighted by Gasteiger charge is -2.38. The van der Waals surface area contributed by atoms with Gasteiger partial charge in [0.15, 0.2) is 0 Å². The largest absolute Gasteiger partial charge is 0.355 e. The standard InChI is InChI=1S/C22H31FN2O/c23-18-6-4-5-17(14-18)22(9-2-1-3-10-22)15-24-21(26)13-16-11-19-7-8-20(12-16)25-19/h4-6,14,16,19-20,25H,1-3,7-13,15H2,(H,24,26). The number of hydrogen-bond acceptors (Lipinski definition) is 2. The lowest BCUT2D eigenvalue weighted by molar-refractivity contribution is -0.122. The Morgan fingerprint density at radius 1 is 1.15 bits per heavy atom. The molecule has 4 heteroatoms. The Balaban J connectivity index is 1.38. The van der Waals surface area contributed by atoms with Crippen LogP contribution in [0.15, 0.2) is 24.3 Å². The summed E-state index contributed by atoms with van der Waals surface area (Å²) in [5.41, 5.74) is 0.959. The zero-order valence-electron chi connectivity index (χ0n) is 15.6. The molecule has 2 bridgehead atoms. The highest BCUT2D eigenvalue weighted by atomic mass is 19.1. The van der Waals surface area contributed by atoms with Crippen molar-refractivity contribution in [3.8, 4) is 0 Å². The average Bonchev–Trinajstić information content (AvgIpc) is 2.99. The van der Waals surface area contributed by atoms with Crippen molar-refractivity contribution in [1.29, 1.82) is 0 Å². The van der Waals surface area contributed by atoms with Crippen LogP contribution in [0.5, 0.6) is 0 Å². The molecular weight excluding hydrogens is 327 g/mol. The molecule has 0 radical (unpaired) electrons. The van der Waals surface area contributed by atoms with Gasteiger partial charge < -0.3 is 10.6 Å². The van der Waals surface area contributed by atoms with Gasteiger partial charge in [0.25, 0.3) is 0 Å². The zero-order valence-corrected chi connectivity index (χ0v) is 15.6. The molecule has 26 heavy (non-hydrogen) atoms. The summed E-state index contributed by atoms with van der Waals surface area (Å²) < 4.78 is 13.8. The van der Waals surface area contributed by atoms with Crippen molar-refractivity contribution in [2.75, 3.05) is 6.54 Å². The van der Waals surface area contributed by atoms with Gasteiger partial charge >= 0.3 is 0 Å². The van der Waals surface area contributed by atoms with Crippen LogP contribution in [-0.4, -0.2) is 24.5 Å². The highest BCUT2D eigenvalue weighted by molar-refractivity contribution is 5.76. The van der Waals surface area contributed by atoms with E-state index in [1.807, 2.05) is 6.07 Å². The van der Waals surface area contributed by atoms with Gasteiger partial charge in [-0.3, -0.25) is 4.79 Å². The monoisotopic (exact) mass is 358 g/mol. The predicted molar refractivity (Wildman–Crippen MR) is 101 cm³/mol. The van der Waals surface area contributed by atoms with Crippen molar-refractivity contribution in [3.05, 3.63) is 35.6 Å². The van der Waals surface area contributed by atoms with Gasteiger partial charge in [-0.05, 0) is 62.1 Å². The topological polar surface area (TPSA) is 41.1 Å². The third-order valence-electron chi connectivity index (χ3n) is 6.92. The van der Waals surface area contributed by atoms with Crippen molar-refractivity contribution in [2.24, 2.45) is 5.92 Å². The fraction of sp³-hybridized carbons (Fsp3) is 0.682. The molecule has 1 aliphatic carbocycles. The van der Waals surface area contributed by atoms with Crippen LogP contribution in [0.2, 0.25) is 0 Å². The summed E-state index contributed by atoms with van der Waals surface area (Å²) in [6.45, 7) is 0.646. The van der Waals surface area contributed by atoms with E-state index in [1.54, 1.807) is 12.1 Å². The SMILES string of the molecule is O=C(CC1CC2CCC(C1)N2)NCC1(c2cccc(F)c2)CCCCC1. The van der Waals surface area contributed by atoms with E-state index < -0.39 is 0 Å². The molecule has 4 rings (SSSR count). The fourth-order valence-electron chi connectivity index (χ4n) is 5.56. The Hall–Kier alpha value is -1.42. The summed E-state index contributed by atoms with van der Waals surface area (Å²) in [4.78, 5) is 12.6. The summed E-state index contributed by atoms with van der Waals surface area (Å²) in [6.07, 6.45) is 11.1. The molecular formula is C22H31FN2O. The van der Waals surface area contributed by atoms with Gasteiger partial charge in [0, 0.05) is 30.5 Å². The van der Waals surface area contributed by atoms with E-state index in [0.717, 1.165) is 44.1 Å². The minimum absolute atomic E-state index is 0.0941. The first kappa shape index (κ1) is 18.0. The first-order valence-electron chi connectivity index (χ1n) is 10.4. The molecule has 142 valence electrons. The van der Waals surface area contributed by atoms with E-state index in [2.05, 4.69) is 10.6 Å². The molecule has 1 aromatic carbocycles. The number of fused-ring (bicyclic) bond motifs is 2. The van der Waals surface area contributed by atoms with E-state index in [-0.39, 0.29) is 17.1 Å². The third-order valence-corrected chi connectivity index (χ3v) is 6.92. The molecule has 3 fully saturated rings. The van der Waals surface area contributed by atoms with Crippen molar-refractivity contribution < 1.29 is 9.18 Å². The quantitative estimate of drug-likeness (QED) is 0.833. The molecule has 1 amide bonds. The Bertz CT molecular complexity index is 629. The summed E-state index contributed by atoms with van der Waals surface area (Å²) >= 11 is 0. The Morgan fingerprint density at radius 2 is 1.88 bits per heavy atom. The highest BCUT2D eigenvalue weighted by Gasteiger charge is 2.36. The van der Waals surface area contributed by atoms with Crippen LogP contribution in [0.4, 0.5) is 4.39 Å². The van der Waals surface area contributed by atoms with E-state index >= 15 is 0 Å². The van der Waals surface area contributed by atoms with E-state index in [0.29, 0.717) is 31.0 Å². The second-order valence-corrected chi connectivity index (χ2v) is 8.81. The van der Waals surface area contributed by atoms with Crippen LogP contribution >= 0.6 is 0 Å². The normalized spacial score (nSPS) is 30.1. The Morgan fingerprint density at radius 3 is 2.58 bits per heavy atom. The van der Waals surface area contributed by atoms with Crippen LogP contribution in [0.1, 0.15) is 69.8 Å². The maximum absolute atomic E-state index is 13.8. The molecule has 2 N–H and O–H groups in total. The minimum Gasteiger partial charge on any atom is -0.355 e. The van der Waals surface area contributed by atoms with Gasteiger partial charge in [0.1, 0.15) is 5.82 Å². The molecule has 3 aliphatic rings. The Kier molecular flexibility index (Phi) is 5.30. The van der Waals surface area contributed by atoms with Crippen molar-refractivity contribution >= 4 is 5.91 Å². The van der Waals surface area contributed by atoms with Crippen molar-refractivity contribution in [2.45, 2.75) is 81.7 Å².